The summed E-state index contributed by atoms with van der Waals surface area (Å²) < 4.78 is 16.4. The third-order valence-corrected chi connectivity index (χ3v) is 5.39. The van der Waals surface area contributed by atoms with Crippen molar-refractivity contribution in [1.29, 1.82) is 0 Å². The minimum absolute atomic E-state index is 0.0822. The first-order valence-electron chi connectivity index (χ1n) is 9.69. The highest BCUT2D eigenvalue weighted by molar-refractivity contribution is 5.86. The number of hydrogen-bond donors (Lipinski definition) is 1. The predicted molar refractivity (Wildman–Crippen MR) is 101 cm³/mol. The van der Waals surface area contributed by atoms with E-state index in [1.165, 1.54) is 0 Å². The molecule has 8 heteroatoms. The number of hydrogen-bond acceptors (Lipinski definition) is 6. The van der Waals surface area contributed by atoms with Crippen molar-refractivity contribution in [3.05, 3.63) is 53.9 Å². The molecule has 2 aliphatic heterocycles. The monoisotopic (exact) mass is 395 g/mol. The highest BCUT2D eigenvalue weighted by Gasteiger charge is 2.47. The Morgan fingerprint density at radius 2 is 2.07 bits per heavy atom. The Morgan fingerprint density at radius 3 is 2.86 bits per heavy atom. The van der Waals surface area contributed by atoms with Crippen molar-refractivity contribution in [3.63, 3.8) is 0 Å². The molecule has 0 spiro atoms. The Kier molecular flexibility index (Phi) is 4.55. The lowest BCUT2D eigenvalue weighted by Gasteiger charge is -2.40. The zero-order valence-corrected chi connectivity index (χ0v) is 15.7. The Labute approximate surface area is 167 Å². The number of nitrogens with one attached hydrogen (secondary N) is 1. The minimum Gasteiger partial charge on any atom is -0.454 e. The molecule has 1 aliphatic carbocycles. The lowest BCUT2D eigenvalue weighted by Crippen LogP contribution is -2.55. The number of aromatic nitrogens is 1. The van der Waals surface area contributed by atoms with E-state index in [1.54, 1.807) is 18.5 Å². The number of fused-ring (bicyclic) bond motifs is 1. The fraction of sp³-hybridized carbons (Fsp3) is 0.381. The van der Waals surface area contributed by atoms with E-state index in [-0.39, 0.29) is 31.3 Å². The molecule has 2 aromatic rings. The van der Waals surface area contributed by atoms with Crippen molar-refractivity contribution in [2.45, 2.75) is 37.6 Å². The molecule has 1 saturated carbocycles. The fourth-order valence-electron chi connectivity index (χ4n) is 3.86. The summed E-state index contributed by atoms with van der Waals surface area (Å²) in [7, 11) is 0. The van der Waals surface area contributed by atoms with Gasteiger partial charge < -0.3 is 24.4 Å². The van der Waals surface area contributed by atoms with E-state index in [9.17, 15) is 9.59 Å². The molecule has 3 aliphatic rings. The Bertz CT molecular complexity index is 931. The zero-order chi connectivity index (χ0) is 19.8. The summed E-state index contributed by atoms with van der Waals surface area (Å²) in [5, 5.41) is 2.94. The van der Waals surface area contributed by atoms with Crippen LogP contribution in [-0.4, -0.2) is 47.2 Å². The van der Waals surface area contributed by atoms with Gasteiger partial charge in [-0.3, -0.25) is 14.6 Å². The normalized spacial score (nSPS) is 23.2. The van der Waals surface area contributed by atoms with Gasteiger partial charge in [-0.25, -0.2) is 0 Å². The summed E-state index contributed by atoms with van der Waals surface area (Å²) >= 11 is 0. The van der Waals surface area contributed by atoms with E-state index in [0.717, 1.165) is 24.0 Å². The van der Waals surface area contributed by atoms with E-state index in [1.807, 2.05) is 29.2 Å². The van der Waals surface area contributed by atoms with E-state index in [0.29, 0.717) is 18.0 Å². The highest BCUT2D eigenvalue weighted by Crippen LogP contribution is 2.39. The molecule has 2 fully saturated rings. The average molecular weight is 395 g/mol. The van der Waals surface area contributed by atoms with Crippen molar-refractivity contribution in [1.82, 2.24) is 15.2 Å². The molecule has 8 nitrogen and oxygen atoms in total. The van der Waals surface area contributed by atoms with Gasteiger partial charge in [-0.1, -0.05) is 12.1 Å². The first-order valence-corrected chi connectivity index (χ1v) is 9.69. The second-order valence-electron chi connectivity index (χ2n) is 7.40. The molecule has 1 N–H and O–H groups in total. The van der Waals surface area contributed by atoms with Crippen molar-refractivity contribution < 1.29 is 23.8 Å². The molecule has 1 aromatic carbocycles. The number of carbonyl (C=O) groups excluding carboxylic acids is 2. The molecule has 0 unspecified atom stereocenters. The Balaban J connectivity index is 1.35. The van der Waals surface area contributed by atoms with Gasteiger partial charge in [0.15, 0.2) is 17.6 Å². The maximum absolute atomic E-state index is 13.0. The van der Waals surface area contributed by atoms with Gasteiger partial charge in [0.1, 0.15) is 6.61 Å². The van der Waals surface area contributed by atoms with Crippen LogP contribution in [0, 0.1) is 0 Å². The van der Waals surface area contributed by atoms with Gasteiger partial charge in [0.25, 0.3) is 5.91 Å². The number of ether oxygens (including phenoxy) is 3. The summed E-state index contributed by atoms with van der Waals surface area (Å²) in [5.41, 5.74) is 1.70. The first-order chi connectivity index (χ1) is 14.2. The van der Waals surface area contributed by atoms with Crippen LogP contribution in [0.25, 0.3) is 0 Å². The van der Waals surface area contributed by atoms with Gasteiger partial charge in [0, 0.05) is 25.0 Å². The van der Waals surface area contributed by atoms with Gasteiger partial charge in [-0.15, -0.1) is 0 Å². The molecular formula is C21H21N3O5. The van der Waals surface area contributed by atoms with E-state index < -0.39 is 12.1 Å². The largest absolute Gasteiger partial charge is 0.454 e. The second-order valence-corrected chi connectivity index (χ2v) is 7.40. The Hall–Kier alpha value is -3.13. The van der Waals surface area contributed by atoms with E-state index >= 15 is 0 Å². The SMILES string of the molecule is O=C(NCc1ccc2c(c1)OCO2)[C@H]1OCC(=O)N(C2CC2)[C@@H]1c1cccnc1. The second kappa shape index (κ2) is 7.36. The standard InChI is InChI=1S/C21H21N3O5/c25-18-11-27-20(19(24(18)15-4-5-15)14-2-1-7-22-10-14)21(26)23-9-13-3-6-16-17(8-13)29-12-28-16/h1-3,6-8,10,15,19-20H,4-5,9,11-12H2,(H,23,26)/t19-,20+/m1/s1. The molecule has 2 atom stereocenters. The number of morpholine rings is 1. The first kappa shape index (κ1) is 17.9. The maximum atomic E-state index is 13.0. The van der Waals surface area contributed by atoms with Gasteiger partial charge in [-0.05, 0) is 42.2 Å². The maximum Gasteiger partial charge on any atom is 0.251 e. The fourth-order valence-corrected chi connectivity index (χ4v) is 3.86. The van der Waals surface area contributed by atoms with Crippen LogP contribution in [0.15, 0.2) is 42.7 Å². The van der Waals surface area contributed by atoms with Crippen LogP contribution in [0.1, 0.15) is 30.0 Å². The zero-order valence-electron chi connectivity index (χ0n) is 15.7. The molecular weight excluding hydrogens is 374 g/mol. The van der Waals surface area contributed by atoms with Crippen LogP contribution in [0.5, 0.6) is 11.5 Å². The average Bonchev–Trinajstić information content (AvgIpc) is 3.48. The van der Waals surface area contributed by atoms with E-state index in [2.05, 4.69) is 10.3 Å². The quantitative estimate of drug-likeness (QED) is 0.826. The number of benzene rings is 1. The molecule has 0 radical (unpaired) electrons. The molecule has 1 aromatic heterocycles. The third kappa shape index (κ3) is 3.51. The van der Waals surface area contributed by atoms with Gasteiger partial charge in [-0.2, -0.15) is 0 Å². The van der Waals surface area contributed by atoms with Crippen LogP contribution >= 0.6 is 0 Å². The van der Waals surface area contributed by atoms with Crippen molar-refractivity contribution >= 4 is 11.8 Å². The molecule has 0 bridgehead atoms. The summed E-state index contributed by atoms with van der Waals surface area (Å²) in [5.74, 6) is 1.03. The summed E-state index contributed by atoms with van der Waals surface area (Å²) in [6.45, 7) is 0.445. The minimum atomic E-state index is -0.786. The van der Waals surface area contributed by atoms with Gasteiger partial charge in [0.05, 0.1) is 6.04 Å². The van der Waals surface area contributed by atoms with Gasteiger partial charge in [0.2, 0.25) is 12.7 Å². The van der Waals surface area contributed by atoms with Crippen LogP contribution in [0.2, 0.25) is 0 Å². The van der Waals surface area contributed by atoms with E-state index in [4.69, 9.17) is 14.2 Å². The number of nitrogens with zero attached hydrogens (tertiary/aromatic N) is 2. The summed E-state index contributed by atoms with van der Waals surface area (Å²) in [6, 6.07) is 8.94. The summed E-state index contributed by atoms with van der Waals surface area (Å²) in [4.78, 5) is 31.6. The lowest BCUT2D eigenvalue weighted by atomic mass is 9.98. The van der Waals surface area contributed by atoms with Crippen molar-refractivity contribution in [2.24, 2.45) is 0 Å². The van der Waals surface area contributed by atoms with Crippen LogP contribution in [0.3, 0.4) is 0 Å². The smallest absolute Gasteiger partial charge is 0.251 e. The van der Waals surface area contributed by atoms with Crippen LogP contribution in [0.4, 0.5) is 0 Å². The molecule has 150 valence electrons. The predicted octanol–water partition coefficient (Wildman–Crippen LogP) is 1.56. The van der Waals surface area contributed by atoms with Crippen LogP contribution < -0.4 is 14.8 Å². The highest BCUT2D eigenvalue weighted by atomic mass is 16.7. The molecule has 5 rings (SSSR count). The molecule has 2 amide bonds. The van der Waals surface area contributed by atoms with Gasteiger partial charge >= 0.3 is 0 Å². The number of amides is 2. The summed E-state index contributed by atoms with van der Waals surface area (Å²) in [6.07, 6.45) is 4.49. The third-order valence-electron chi connectivity index (χ3n) is 5.39. The van der Waals surface area contributed by atoms with Crippen molar-refractivity contribution in [2.75, 3.05) is 13.4 Å². The van der Waals surface area contributed by atoms with Crippen LogP contribution in [-0.2, 0) is 20.9 Å². The number of pyridine rings is 1. The van der Waals surface area contributed by atoms with Crippen molar-refractivity contribution in [3.8, 4) is 11.5 Å². The lowest BCUT2D eigenvalue weighted by molar-refractivity contribution is -0.165. The number of rotatable bonds is 5. The molecule has 3 heterocycles. The molecule has 1 saturated heterocycles. The Morgan fingerprint density at radius 1 is 1.21 bits per heavy atom. The topological polar surface area (TPSA) is 90.0 Å². The molecule has 29 heavy (non-hydrogen) atoms. The number of carbonyl (C=O) groups is 2.